The van der Waals surface area contributed by atoms with Crippen molar-refractivity contribution in [3.8, 4) is 0 Å². The maximum Gasteiger partial charge on any atom is 0.326 e. The number of aliphatic carboxylic acids is 1. The Hall–Kier alpha value is -2.24. The Morgan fingerprint density at radius 1 is 1.20 bits per heavy atom. The van der Waals surface area contributed by atoms with Crippen LogP contribution in [0.5, 0.6) is 0 Å². The lowest BCUT2D eigenvalue weighted by Gasteiger charge is -2.38. The number of hydrogen-bond donors (Lipinski definition) is 2. The van der Waals surface area contributed by atoms with Crippen molar-refractivity contribution in [2.45, 2.75) is 25.4 Å². The van der Waals surface area contributed by atoms with Crippen LogP contribution in [-0.2, 0) is 9.59 Å². The van der Waals surface area contributed by atoms with Crippen molar-refractivity contribution in [2.24, 2.45) is 0 Å². The van der Waals surface area contributed by atoms with Crippen LogP contribution in [0.2, 0.25) is 10.0 Å². The number of carbonyl (C=O) groups is 2. The van der Waals surface area contributed by atoms with Gasteiger partial charge in [0, 0.05) is 40.3 Å². The van der Waals surface area contributed by atoms with E-state index in [1.165, 1.54) is 6.92 Å². The van der Waals surface area contributed by atoms with E-state index >= 15 is 0 Å². The van der Waals surface area contributed by atoms with Gasteiger partial charge in [0.15, 0.2) is 0 Å². The van der Waals surface area contributed by atoms with Crippen LogP contribution in [0, 0.1) is 0 Å². The molecule has 1 heterocycles. The van der Waals surface area contributed by atoms with Crippen molar-refractivity contribution in [1.29, 1.82) is 0 Å². The van der Waals surface area contributed by atoms with Gasteiger partial charge in [0.2, 0.25) is 5.91 Å². The first-order valence-electron chi connectivity index (χ1n) is 7.71. The first kappa shape index (κ1) is 17.6. The fraction of sp³-hybridized carbons (Fsp3) is 0.222. The van der Waals surface area contributed by atoms with Gasteiger partial charge >= 0.3 is 5.97 Å². The zero-order valence-electron chi connectivity index (χ0n) is 13.4. The number of rotatable bonds is 3. The Morgan fingerprint density at radius 2 is 1.88 bits per heavy atom. The number of para-hydroxylation sites is 1. The summed E-state index contributed by atoms with van der Waals surface area (Å²) in [6.07, 6.45) is 0.193. The number of carboxylic acid groups (broad SMARTS) is 1. The Balaban J connectivity index is 2.16. The lowest BCUT2D eigenvalue weighted by Crippen LogP contribution is -2.43. The number of amides is 1. The molecule has 0 bridgehead atoms. The third-order valence-electron chi connectivity index (χ3n) is 4.20. The second kappa shape index (κ2) is 6.94. The molecule has 1 aliphatic rings. The summed E-state index contributed by atoms with van der Waals surface area (Å²) >= 11 is 12.5. The number of hydrogen-bond acceptors (Lipinski definition) is 3. The van der Waals surface area contributed by atoms with Crippen molar-refractivity contribution in [3.05, 3.63) is 58.1 Å². The molecule has 7 heteroatoms. The lowest BCUT2D eigenvalue weighted by atomic mass is 9.91. The fourth-order valence-electron chi connectivity index (χ4n) is 3.20. The van der Waals surface area contributed by atoms with E-state index in [0.29, 0.717) is 27.0 Å². The van der Waals surface area contributed by atoms with Gasteiger partial charge in [-0.25, -0.2) is 4.79 Å². The van der Waals surface area contributed by atoms with E-state index in [1.807, 2.05) is 30.3 Å². The van der Waals surface area contributed by atoms with Gasteiger partial charge < -0.3 is 15.3 Å². The predicted octanol–water partition coefficient (Wildman–Crippen LogP) is 4.36. The van der Waals surface area contributed by atoms with Crippen LogP contribution in [0.15, 0.2) is 42.5 Å². The lowest BCUT2D eigenvalue weighted by molar-refractivity contribution is -0.138. The highest BCUT2D eigenvalue weighted by Crippen LogP contribution is 2.44. The highest BCUT2D eigenvalue weighted by Gasteiger charge is 2.37. The zero-order valence-corrected chi connectivity index (χ0v) is 14.9. The minimum atomic E-state index is -0.997. The molecule has 2 N–H and O–H groups in total. The number of nitrogens with one attached hydrogen (secondary N) is 1. The molecule has 2 aromatic rings. The normalized spacial score (nSPS) is 18.8. The monoisotopic (exact) mass is 378 g/mol. The second-order valence-corrected chi connectivity index (χ2v) is 6.70. The standard InChI is InChI=1S/C18H16Cl2N2O3/c1-10(23)22(12-5-3-2-4-6-12)16-9-15(18(24)25)21-14-8-11(19)7-13(20)17(14)16/h2-8,15-16,21H,9H2,1H3,(H,24,25)/t15-,16+/m0/s1. The molecule has 1 aliphatic heterocycles. The highest BCUT2D eigenvalue weighted by molar-refractivity contribution is 6.35. The van der Waals surface area contributed by atoms with Crippen molar-refractivity contribution >= 4 is 46.5 Å². The number of anilines is 2. The molecule has 0 aliphatic carbocycles. The third kappa shape index (κ3) is 3.43. The van der Waals surface area contributed by atoms with Crippen LogP contribution in [0.25, 0.3) is 0 Å². The molecule has 2 atom stereocenters. The van der Waals surface area contributed by atoms with E-state index in [-0.39, 0.29) is 12.3 Å². The summed E-state index contributed by atoms with van der Waals surface area (Å²) in [7, 11) is 0. The molecule has 1 amide bonds. The third-order valence-corrected chi connectivity index (χ3v) is 4.73. The summed E-state index contributed by atoms with van der Waals surface area (Å²) in [6, 6.07) is 11.0. The average molecular weight is 379 g/mol. The SMILES string of the molecule is CC(=O)N(c1ccccc1)[C@@H]1C[C@@H](C(=O)O)Nc2cc(Cl)cc(Cl)c21. The Kier molecular flexibility index (Phi) is 4.88. The molecule has 0 saturated carbocycles. The largest absolute Gasteiger partial charge is 0.480 e. The fourth-order valence-corrected chi connectivity index (χ4v) is 3.82. The number of benzene rings is 2. The Morgan fingerprint density at radius 3 is 2.48 bits per heavy atom. The van der Waals surface area contributed by atoms with Crippen LogP contribution in [-0.4, -0.2) is 23.0 Å². The summed E-state index contributed by atoms with van der Waals surface area (Å²) in [5.41, 5.74) is 1.88. The molecule has 0 radical (unpaired) electrons. The number of carboxylic acids is 1. The number of halogens is 2. The van der Waals surface area contributed by atoms with E-state index in [4.69, 9.17) is 23.2 Å². The first-order valence-corrected chi connectivity index (χ1v) is 8.47. The Labute approximate surface area is 155 Å². The molecule has 0 fully saturated rings. The van der Waals surface area contributed by atoms with Crippen LogP contribution < -0.4 is 10.2 Å². The van der Waals surface area contributed by atoms with Gasteiger partial charge in [0.05, 0.1) is 6.04 Å². The molecular weight excluding hydrogens is 363 g/mol. The van der Waals surface area contributed by atoms with E-state index in [0.717, 1.165) is 0 Å². The molecular formula is C18H16Cl2N2O3. The van der Waals surface area contributed by atoms with Gasteiger partial charge in [-0.15, -0.1) is 0 Å². The Bertz CT molecular complexity index is 827. The minimum Gasteiger partial charge on any atom is -0.480 e. The van der Waals surface area contributed by atoms with Crippen molar-refractivity contribution in [2.75, 3.05) is 10.2 Å². The van der Waals surface area contributed by atoms with E-state index in [9.17, 15) is 14.7 Å². The minimum absolute atomic E-state index is 0.193. The van der Waals surface area contributed by atoms with Crippen LogP contribution >= 0.6 is 23.2 Å². The molecule has 25 heavy (non-hydrogen) atoms. The van der Waals surface area contributed by atoms with E-state index in [1.54, 1.807) is 17.0 Å². The molecule has 0 unspecified atom stereocenters. The molecule has 3 rings (SSSR count). The zero-order chi connectivity index (χ0) is 18.1. The van der Waals surface area contributed by atoms with Gasteiger partial charge in [0.25, 0.3) is 0 Å². The van der Waals surface area contributed by atoms with Gasteiger partial charge in [-0.3, -0.25) is 4.79 Å². The average Bonchev–Trinajstić information content (AvgIpc) is 2.54. The van der Waals surface area contributed by atoms with Crippen molar-refractivity contribution in [1.82, 2.24) is 0 Å². The summed E-state index contributed by atoms with van der Waals surface area (Å²) in [5.74, 6) is -1.19. The van der Waals surface area contributed by atoms with Crippen molar-refractivity contribution in [3.63, 3.8) is 0 Å². The highest BCUT2D eigenvalue weighted by atomic mass is 35.5. The maximum atomic E-state index is 12.4. The summed E-state index contributed by atoms with van der Waals surface area (Å²) in [4.78, 5) is 25.6. The number of carbonyl (C=O) groups excluding carboxylic acids is 1. The molecule has 0 spiro atoms. The number of fused-ring (bicyclic) bond motifs is 1. The summed E-state index contributed by atoms with van der Waals surface area (Å²) in [5, 5.41) is 13.2. The molecule has 0 aromatic heterocycles. The maximum absolute atomic E-state index is 12.4. The van der Waals surface area contributed by atoms with E-state index in [2.05, 4.69) is 5.32 Å². The number of nitrogens with zero attached hydrogens (tertiary/aromatic N) is 1. The first-order chi connectivity index (χ1) is 11.9. The van der Waals surface area contributed by atoms with Crippen LogP contribution in [0.1, 0.15) is 24.9 Å². The predicted molar refractivity (Wildman–Crippen MR) is 98.5 cm³/mol. The molecule has 0 saturated heterocycles. The summed E-state index contributed by atoms with van der Waals surface area (Å²) in [6.45, 7) is 1.45. The summed E-state index contributed by atoms with van der Waals surface area (Å²) < 4.78 is 0. The quantitative estimate of drug-likeness (QED) is 0.832. The van der Waals surface area contributed by atoms with Gasteiger partial charge in [-0.2, -0.15) is 0 Å². The topological polar surface area (TPSA) is 69.6 Å². The molecule has 130 valence electrons. The van der Waals surface area contributed by atoms with Crippen LogP contribution in [0.3, 0.4) is 0 Å². The van der Waals surface area contributed by atoms with Crippen molar-refractivity contribution < 1.29 is 14.7 Å². The van der Waals surface area contributed by atoms with E-state index < -0.39 is 18.1 Å². The van der Waals surface area contributed by atoms with Gasteiger partial charge in [-0.1, -0.05) is 41.4 Å². The molecule has 5 nitrogen and oxygen atoms in total. The molecule has 2 aromatic carbocycles. The van der Waals surface area contributed by atoms with Gasteiger partial charge in [-0.05, 0) is 24.3 Å². The second-order valence-electron chi connectivity index (χ2n) is 5.86. The van der Waals surface area contributed by atoms with Crippen LogP contribution in [0.4, 0.5) is 11.4 Å². The smallest absolute Gasteiger partial charge is 0.326 e. The van der Waals surface area contributed by atoms with Gasteiger partial charge in [0.1, 0.15) is 6.04 Å².